The number of allylic oxidation sites excluding steroid dienone is 2. The average Bonchev–Trinajstić information content (AvgIpc) is 3.25. The molecule has 6 nitrogen and oxygen atoms in total. The summed E-state index contributed by atoms with van der Waals surface area (Å²) in [7, 11) is 0. The number of hydrogen-bond donors (Lipinski definition) is 2. The van der Waals surface area contributed by atoms with Crippen LogP contribution in [0.2, 0.25) is 0 Å². The molecule has 6 heteroatoms. The molecular formula is C24H42O6. The summed E-state index contributed by atoms with van der Waals surface area (Å²) >= 11 is 0. The molecule has 0 saturated carbocycles. The van der Waals surface area contributed by atoms with Crippen molar-refractivity contribution in [2.24, 2.45) is 0 Å². The summed E-state index contributed by atoms with van der Waals surface area (Å²) in [6.07, 6.45) is 18.3. The second-order valence-corrected chi connectivity index (χ2v) is 8.75. The number of aliphatic hydroxyl groups excluding tert-OH is 1. The second kappa shape index (κ2) is 14.2. The molecule has 30 heavy (non-hydrogen) atoms. The second-order valence-electron chi connectivity index (χ2n) is 8.75. The molecule has 0 aromatic rings. The number of carbonyl (C=O) groups excluding carboxylic acids is 1. The number of unbranched alkanes of at least 4 members (excludes halogenated alkanes) is 11. The maximum Gasteiger partial charge on any atom is 0.308 e. The molecule has 0 amide bonds. The highest BCUT2D eigenvalue weighted by molar-refractivity contribution is 5.69. The van der Waals surface area contributed by atoms with Gasteiger partial charge in [0.05, 0.1) is 6.61 Å². The Bertz CT molecular complexity index is 508. The van der Waals surface area contributed by atoms with Gasteiger partial charge in [0, 0.05) is 6.42 Å². The molecule has 2 N–H and O–H groups in total. The lowest BCUT2D eigenvalue weighted by Gasteiger charge is -2.26. The summed E-state index contributed by atoms with van der Waals surface area (Å²) in [6, 6.07) is 0. The van der Waals surface area contributed by atoms with Gasteiger partial charge < -0.3 is 24.4 Å². The Morgan fingerprint density at radius 2 is 1.57 bits per heavy atom. The van der Waals surface area contributed by atoms with E-state index in [1.807, 2.05) is 0 Å². The molecule has 2 aliphatic heterocycles. The predicted octanol–water partition coefficient (Wildman–Crippen LogP) is 4.41. The summed E-state index contributed by atoms with van der Waals surface area (Å²) in [6.45, 7) is 2.18. The smallest absolute Gasteiger partial charge is 0.308 e. The van der Waals surface area contributed by atoms with Crippen molar-refractivity contribution < 1.29 is 29.2 Å². The van der Waals surface area contributed by atoms with Crippen molar-refractivity contribution in [3.05, 3.63) is 12.2 Å². The maximum absolute atomic E-state index is 12.0. The van der Waals surface area contributed by atoms with E-state index in [1.54, 1.807) is 0 Å². The Hall–Kier alpha value is -0.950. The van der Waals surface area contributed by atoms with Gasteiger partial charge in [-0.3, -0.25) is 4.79 Å². The van der Waals surface area contributed by atoms with Crippen LogP contribution in [0.4, 0.5) is 0 Å². The first-order valence-electron chi connectivity index (χ1n) is 12.1. The van der Waals surface area contributed by atoms with Crippen LogP contribution in [0.3, 0.4) is 0 Å². The first-order valence-corrected chi connectivity index (χ1v) is 12.1. The van der Waals surface area contributed by atoms with Gasteiger partial charge >= 0.3 is 5.97 Å². The summed E-state index contributed by atoms with van der Waals surface area (Å²) in [5, 5.41) is 20.2. The normalized spacial score (nSPS) is 28.3. The van der Waals surface area contributed by atoms with Crippen LogP contribution in [0.5, 0.6) is 0 Å². The lowest BCUT2D eigenvalue weighted by Crippen LogP contribution is -2.47. The number of aliphatic hydroxyl groups is 2. The zero-order chi connectivity index (χ0) is 21.7. The van der Waals surface area contributed by atoms with Crippen molar-refractivity contribution >= 4 is 5.97 Å². The van der Waals surface area contributed by atoms with E-state index in [1.165, 1.54) is 57.8 Å². The Kier molecular flexibility index (Phi) is 12.0. The largest absolute Gasteiger partial charge is 0.428 e. The van der Waals surface area contributed by atoms with E-state index in [4.69, 9.17) is 14.2 Å². The number of hydrogen-bond acceptors (Lipinski definition) is 6. The zero-order valence-corrected chi connectivity index (χ0v) is 18.7. The van der Waals surface area contributed by atoms with E-state index in [2.05, 4.69) is 19.1 Å². The van der Waals surface area contributed by atoms with Gasteiger partial charge in [-0.2, -0.15) is 0 Å². The molecule has 2 heterocycles. The Morgan fingerprint density at radius 1 is 0.967 bits per heavy atom. The van der Waals surface area contributed by atoms with Gasteiger partial charge in [0.2, 0.25) is 0 Å². The van der Waals surface area contributed by atoms with Crippen LogP contribution in [-0.4, -0.2) is 53.5 Å². The Morgan fingerprint density at radius 3 is 2.23 bits per heavy atom. The monoisotopic (exact) mass is 426 g/mol. The maximum atomic E-state index is 12.0. The van der Waals surface area contributed by atoms with Crippen LogP contribution in [-0.2, 0) is 19.0 Å². The first kappa shape index (κ1) is 25.3. The molecule has 2 aliphatic rings. The van der Waals surface area contributed by atoms with Gasteiger partial charge in [0.15, 0.2) is 6.10 Å². The summed E-state index contributed by atoms with van der Waals surface area (Å²) in [5.41, 5.74) is 0. The third-order valence-corrected chi connectivity index (χ3v) is 5.98. The third kappa shape index (κ3) is 8.66. The van der Waals surface area contributed by atoms with Crippen LogP contribution in [0, 0.1) is 0 Å². The molecule has 0 radical (unpaired) electrons. The van der Waals surface area contributed by atoms with E-state index < -0.39 is 30.1 Å². The first-order chi connectivity index (χ1) is 14.6. The molecule has 0 spiro atoms. The molecule has 4 atom stereocenters. The molecule has 0 unspecified atom stereocenters. The van der Waals surface area contributed by atoms with Crippen LogP contribution in [0.25, 0.3) is 0 Å². The quantitative estimate of drug-likeness (QED) is 0.165. The molecule has 174 valence electrons. The highest BCUT2D eigenvalue weighted by Gasteiger charge is 2.58. The highest BCUT2D eigenvalue weighted by atomic mass is 16.7. The highest BCUT2D eigenvalue weighted by Crippen LogP contribution is 2.35. The predicted molar refractivity (Wildman–Crippen MR) is 116 cm³/mol. The number of carbonyl (C=O) groups is 1. The van der Waals surface area contributed by atoms with Crippen molar-refractivity contribution in [1.82, 2.24) is 0 Å². The van der Waals surface area contributed by atoms with E-state index >= 15 is 0 Å². The molecule has 2 rings (SSSR count). The van der Waals surface area contributed by atoms with Crippen LogP contribution in [0.15, 0.2) is 12.2 Å². The lowest BCUT2D eigenvalue weighted by molar-refractivity contribution is -0.237. The van der Waals surface area contributed by atoms with E-state index in [0.29, 0.717) is 0 Å². The lowest BCUT2D eigenvalue weighted by atomic mass is 10.1. The SMILES string of the molecule is CCCCCCCC/C=C\CCCCCCCC(=O)O[C@@]1(O)CO[C@@H]2[C@H](O)CO[C@@H]21. The fraction of sp³-hybridized carbons (Fsp3) is 0.875. The van der Waals surface area contributed by atoms with Crippen molar-refractivity contribution in [3.63, 3.8) is 0 Å². The Labute approximate surface area is 182 Å². The van der Waals surface area contributed by atoms with Gasteiger partial charge in [0.25, 0.3) is 5.79 Å². The fourth-order valence-corrected chi connectivity index (χ4v) is 4.15. The minimum Gasteiger partial charge on any atom is -0.428 e. The summed E-state index contributed by atoms with van der Waals surface area (Å²) in [4.78, 5) is 12.0. The summed E-state index contributed by atoms with van der Waals surface area (Å²) in [5.74, 6) is -2.22. The fourth-order valence-electron chi connectivity index (χ4n) is 4.15. The van der Waals surface area contributed by atoms with Crippen molar-refractivity contribution in [2.45, 2.75) is 121 Å². The van der Waals surface area contributed by atoms with Crippen molar-refractivity contribution in [3.8, 4) is 0 Å². The van der Waals surface area contributed by atoms with Gasteiger partial charge in [0.1, 0.15) is 18.8 Å². The molecule has 2 fully saturated rings. The minimum absolute atomic E-state index is 0.0867. The molecule has 2 saturated heterocycles. The number of rotatable bonds is 16. The van der Waals surface area contributed by atoms with Crippen LogP contribution >= 0.6 is 0 Å². The van der Waals surface area contributed by atoms with E-state index in [0.717, 1.165) is 25.7 Å². The zero-order valence-electron chi connectivity index (χ0n) is 18.7. The van der Waals surface area contributed by atoms with E-state index in [9.17, 15) is 15.0 Å². The van der Waals surface area contributed by atoms with Gasteiger partial charge in [-0.15, -0.1) is 0 Å². The average molecular weight is 427 g/mol. The van der Waals surface area contributed by atoms with Gasteiger partial charge in [-0.25, -0.2) is 0 Å². The standard InChI is InChI=1S/C24H42O6/c1-2-3-4-5-6-7-8-9-10-11-12-13-14-15-16-17-21(26)30-24(27)19-29-22-20(25)18-28-23(22)24/h9-10,20,22-23,25,27H,2-8,11-19H2,1H3/b10-9-/t20-,22-,23+,24+/m1/s1. The number of esters is 1. The van der Waals surface area contributed by atoms with E-state index in [-0.39, 0.29) is 19.6 Å². The number of fused-ring (bicyclic) bond motifs is 1. The van der Waals surface area contributed by atoms with Gasteiger partial charge in [-0.1, -0.05) is 70.4 Å². The molecule has 0 aromatic carbocycles. The molecular weight excluding hydrogens is 384 g/mol. The van der Waals surface area contributed by atoms with Gasteiger partial charge in [-0.05, 0) is 32.1 Å². The minimum atomic E-state index is -1.78. The topological polar surface area (TPSA) is 85.2 Å². The molecule has 0 aliphatic carbocycles. The van der Waals surface area contributed by atoms with Crippen LogP contribution in [0.1, 0.15) is 96.8 Å². The number of ether oxygens (including phenoxy) is 3. The van der Waals surface area contributed by atoms with Crippen molar-refractivity contribution in [1.29, 1.82) is 0 Å². The molecule has 0 bridgehead atoms. The van der Waals surface area contributed by atoms with Crippen molar-refractivity contribution in [2.75, 3.05) is 13.2 Å². The third-order valence-electron chi connectivity index (χ3n) is 5.98. The summed E-state index contributed by atoms with van der Waals surface area (Å²) < 4.78 is 15.9. The molecule has 0 aromatic heterocycles. The Balaban J connectivity index is 1.40. The van der Waals surface area contributed by atoms with Crippen LogP contribution < -0.4 is 0 Å².